The average Bonchev–Trinajstić information content (AvgIpc) is 2.83. The lowest BCUT2D eigenvalue weighted by atomic mass is 10.2. The summed E-state index contributed by atoms with van der Waals surface area (Å²) in [6, 6.07) is 4.14. The van der Waals surface area contributed by atoms with Gasteiger partial charge >= 0.3 is 0 Å². The maximum atomic E-state index is 13.8. The molecule has 0 aliphatic heterocycles. The molecule has 2 aromatic rings. The Morgan fingerprint density at radius 3 is 2.79 bits per heavy atom. The second-order valence-electron chi connectivity index (χ2n) is 4.48. The second kappa shape index (κ2) is 5.93. The molecule has 0 bridgehead atoms. The predicted octanol–water partition coefficient (Wildman–Crippen LogP) is 2.96. The van der Waals surface area contributed by atoms with Crippen LogP contribution in [0.15, 0.2) is 24.4 Å². The summed E-state index contributed by atoms with van der Waals surface area (Å²) < 4.78 is 28.6. The van der Waals surface area contributed by atoms with E-state index in [-0.39, 0.29) is 5.69 Å². The van der Waals surface area contributed by atoms with Gasteiger partial charge in [0.25, 0.3) is 0 Å². The Morgan fingerprint density at radius 2 is 2.05 bits per heavy atom. The molecule has 0 aliphatic carbocycles. The molecule has 0 spiro atoms. The van der Waals surface area contributed by atoms with E-state index in [9.17, 15) is 8.78 Å². The molecule has 1 aromatic heterocycles. The monoisotopic (exact) mass is 265 g/mol. The number of hydrogen-bond acceptors (Lipinski definition) is 2. The number of halogens is 2. The first-order valence-corrected chi connectivity index (χ1v) is 6.33. The molecule has 19 heavy (non-hydrogen) atoms. The van der Waals surface area contributed by atoms with Crippen molar-refractivity contribution in [2.24, 2.45) is 0 Å². The van der Waals surface area contributed by atoms with Gasteiger partial charge in [-0.15, -0.1) is 0 Å². The molecule has 1 N–H and O–H groups in total. The first kappa shape index (κ1) is 13.7. The largest absolute Gasteiger partial charge is 0.311 e. The molecule has 5 heteroatoms. The van der Waals surface area contributed by atoms with Crippen LogP contribution in [0.25, 0.3) is 5.69 Å². The lowest BCUT2D eigenvalue weighted by molar-refractivity contribution is 0.578. The summed E-state index contributed by atoms with van der Waals surface area (Å²) in [5, 5.41) is 7.44. The predicted molar refractivity (Wildman–Crippen MR) is 70.2 cm³/mol. The first-order valence-electron chi connectivity index (χ1n) is 6.33. The van der Waals surface area contributed by atoms with Crippen LogP contribution in [0.3, 0.4) is 0 Å². The average molecular weight is 265 g/mol. The Balaban J connectivity index is 2.20. The van der Waals surface area contributed by atoms with E-state index in [2.05, 4.69) is 17.3 Å². The number of benzene rings is 1. The van der Waals surface area contributed by atoms with Crippen molar-refractivity contribution in [2.45, 2.75) is 26.8 Å². The molecule has 3 nitrogen and oxygen atoms in total. The van der Waals surface area contributed by atoms with E-state index >= 15 is 0 Å². The third-order valence-electron chi connectivity index (χ3n) is 2.85. The number of aromatic nitrogens is 2. The first-order chi connectivity index (χ1) is 9.11. The highest BCUT2D eigenvalue weighted by Crippen LogP contribution is 2.17. The summed E-state index contributed by atoms with van der Waals surface area (Å²) in [5.74, 6) is -0.910. The van der Waals surface area contributed by atoms with Gasteiger partial charge < -0.3 is 5.32 Å². The molecule has 1 heterocycles. The van der Waals surface area contributed by atoms with Crippen LogP contribution >= 0.6 is 0 Å². The summed E-state index contributed by atoms with van der Waals surface area (Å²) in [6.45, 7) is 5.14. The zero-order valence-electron chi connectivity index (χ0n) is 11.1. The van der Waals surface area contributed by atoms with E-state index in [4.69, 9.17) is 0 Å². The van der Waals surface area contributed by atoms with Crippen LogP contribution in [0.4, 0.5) is 8.78 Å². The summed E-state index contributed by atoms with van der Waals surface area (Å²) >= 11 is 0. The van der Waals surface area contributed by atoms with E-state index in [1.54, 1.807) is 12.3 Å². The molecular weight excluding hydrogens is 248 g/mol. The quantitative estimate of drug-likeness (QED) is 0.842. The normalized spacial score (nSPS) is 10.9. The fourth-order valence-corrected chi connectivity index (χ4v) is 1.79. The highest BCUT2D eigenvalue weighted by atomic mass is 19.1. The lowest BCUT2D eigenvalue weighted by Crippen LogP contribution is -2.14. The van der Waals surface area contributed by atoms with Gasteiger partial charge in [0.2, 0.25) is 0 Å². The van der Waals surface area contributed by atoms with Gasteiger partial charge in [0, 0.05) is 18.8 Å². The lowest BCUT2D eigenvalue weighted by Gasteiger charge is -2.05. The van der Waals surface area contributed by atoms with Crippen LogP contribution in [0.5, 0.6) is 0 Å². The SMILES string of the molecule is CCCNCc1ccn(-c2cc(F)c(C)cc2F)n1. The van der Waals surface area contributed by atoms with E-state index in [1.807, 2.05) is 0 Å². The Kier molecular flexibility index (Phi) is 4.27. The van der Waals surface area contributed by atoms with Crippen molar-refractivity contribution in [1.29, 1.82) is 0 Å². The van der Waals surface area contributed by atoms with Crippen molar-refractivity contribution in [2.75, 3.05) is 6.54 Å². The van der Waals surface area contributed by atoms with Crippen molar-refractivity contribution in [3.63, 3.8) is 0 Å². The van der Waals surface area contributed by atoms with Gasteiger partial charge in [0.15, 0.2) is 0 Å². The zero-order chi connectivity index (χ0) is 13.8. The number of rotatable bonds is 5. The summed E-state index contributed by atoms with van der Waals surface area (Å²) in [4.78, 5) is 0. The highest BCUT2D eigenvalue weighted by molar-refractivity contribution is 5.36. The molecule has 0 amide bonds. The van der Waals surface area contributed by atoms with Crippen LogP contribution < -0.4 is 5.32 Å². The van der Waals surface area contributed by atoms with Crippen molar-refractivity contribution >= 4 is 0 Å². The molecule has 0 unspecified atom stereocenters. The van der Waals surface area contributed by atoms with Crippen molar-refractivity contribution in [3.8, 4) is 5.69 Å². The number of nitrogens with one attached hydrogen (secondary N) is 1. The highest BCUT2D eigenvalue weighted by Gasteiger charge is 2.10. The molecule has 0 fully saturated rings. The third-order valence-corrected chi connectivity index (χ3v) is 2.85. The fourth-order valence-electron chi connectivity index (χ4n) is 1.79. The molecular formula is C14H17F2N3. The Morgan fingerprint density at radius 1 is 1.26 bits per heavy atom. The number of aryl methyl sites for hydroxylation is 1. The minimum Gasteiger partial charge on any atom is -0.311 e. The number of nitrogens with zero attached hydrogens (tertiary/aromatic N) is 2. The van der Waals surface area contributed by atoms with Gasteiger partial charge in [0.1, 0.15) is 17.3 Å². The van der Waals surface area contributed by atoms with Crippen LogP contribution in [0.1, 0.15) is 24.6 Å². The summed E-state index contributed by atoms with van der Waals surface area (Å²) in [7, 11) is 0. The topological polar surface area (TPSA) is 29.9 Å². The summed E-state index contributed by atoms with van der Waals surface area (Å²) in [6.07, 6.45) is 2.68. The number of hydrogen-bond donors (Lipinski definition) is 1. The van der Waals surface area contributed by atoms with Crippen molar-refractivity contribution in [3.05, 3.63) is 47.3 Å². The van der Waals surface area contributed by atoms with Gasteiger partial charge in [0.05, 0.1) is 5.69 Å². The second-order valence-corrected chi connectivity index (χ2v) is 4.48. The van der Waals surface area contributed by atoms with Crippen LogP contribution in [-0.2, 0) is 6.54 Å². The van der Waals surface area contributed by atoms with Gasteiger partial charge in [-0.05, 0) is 37.6 Å². The van der Waals surface area contributed by atoms with Gasteiger partial charge in [-0.3, -0.25) is 0 Å². The minimum absolute atomic E-state index is 0.129. The molecule has 102 valence electrons. The van der Waals surface area contributed by atoms with E-state index < -0.39 is 11.6 Å². The van der Waals surface area contributed by atoms with E-state index in [0.29, 0.717) is 12.1 Å². The third kappa shape index (κ3) is 3.17. The molecule has 0 radical (unpaired) electrons. The molecule has 0 saturated heterocycles. The van der Waals surface area contributed by atoms with Gasteiger partial charge in [-0.1, -0.05) is 6.92 Å². The van der Waals surface area contributed by atoms with Crippen LogP contribution in [-0.4, -0.2) is 16.3 Å². The van der Waals surface area contributed by atoms with Gasteiger partial charge in [-0.25, -0.2) is 13.5 Å². The molecule has 2 rings (SSSR count). The van der Waals surface area contributed by atoms with Crippen molar-refractivity contribution < 1.29 is 8.78 Å². The summed E-state index contributed by atoms with van der Waals surface area (Å²) in [5.41, 5.74) is 1.22. The Bertz CT molecular complexity index is 564. The molecule has 1 aromatic carbocycles. The molecule has 0 atom stereocenters. The Labute approximate surface area is 111 Å². The standard InChI is InChI=1S/C14H17F2N3/c1-3-5-17-9-11-4-6-19(18-11)14-8-12(15)10(2)7-13(14)16/h4,6-8,17H,3,5,9H2,1-2H3. The molecule has 0 saturated carbocycles. The van der Waals surface area contributed by atoms with E-state index in [1.165, 1.54) is 23.7 Å². The van der Waals surface area contributed by atoms with Crippen molar-refractivity contribution in [1.82, 2.24) is 15.1 Å². The van der Waals surface area contributed by atoms with Crippen LogP contribution in [0.2, 0.25) is 0 Å². The van der Waals surface area contributed by atoms with Crippen LogP contribution in [0, 0.1) is 18.6 Å². The Hall–Kier alpha value is -1.75. The van der Waals surface area contributed by atoms with Gasteiger partial charge in [-0.2, -0.15) is 5.10 Å². The maximum Gasteiger partial charge on any atom is 0.149 e. The fraction of sp³-hybridized carbons (Fsp3) is 0.357. The maximum absolute atomic E-state index is 13.8. The molecule has 0 aliphatic rings. The minimum atomic E-state index is -0.477. The zero-order valence-corrected chi connectivity index (χ0v) is 11.1. The smallest absolute Gasteiger partial charge is 0.149 e. The van der Waals surface area contributed by atoms with E-state index in [0.717, 1.165) is 18.7 Å².